The number of carbonyl (C=O) groups excluding carboxylic acids is 4. The number of amides is 2. The highest BCUT2D eigenvalue weighted by Crippen LogP contribution is 2.26. The fourth-order valence-electron chi connectivity index (χ4n) is 2.51. The van der Waals surface area contributed by atoms with E-state index in [2.05, 4.69) is 0 Å². The van der Waals surface area contributed by atoms with Gasteiger partial charge in [-0.15, -0.1) is 0 Å². The second-order valence-corrected chi connectivity index (χ2v) is 10.4. The van der Waals surface area contributed by atoms with Crippen LogP contribution in [0.15, 0.2) is 0 Å². The number of hydrogen-bond acceptors (Lipinski definition) is 4. The van der Waals surface area contributed by atoms with Gasteiger partial charge in [-0.3, -0.25) is 17.5 Å². The Labute approximate surface area is 177 Å². The zero-order valence-electron chi connectivity index (χ0n) is 18.1. The van der Waals surface area contributed by atoms with Gasteiger partial charge < -0.3 is 9.69 Å². The second kappa shape index (κ2) is 9.98. The van der Waals surface area contributed by atoms with Crippen LogP contribution in [0.4, 0.5) is 0 Å². The van der Waals surface area contributed by atoms with Gasteiger partial charge in [0.15, 0.2) is 0 Å². The summed E-state index contributed by atoms with van der Waals surface area (Å²) in [7, 11) is 1.56. The van der Waals surface area contributed by atoms with Crippen molar-refractivity contribution >= 4 is 46.7 Å². The van der Waals surface area contributed by atoms with Crippen LogP contribution in [0.1, 0.15) is 68.2 Å². The molecule has 0 aliphatic carbocycles. The third-order valence-corrected chi connectivity index (χ3v) is 5.96. The van der Waals surface area contributed by atoms with Crippen molar-refractivity contribution in [2.24, 2.45) is 16.7 Å². The van der Waals surface area contributed by atoms with E-state index in [1.54, 1.807) is 37.9 Å². The molecule has 0 N–H and O–H groups in total. The van der Waals surface area contributed by atoms with Crippen molar-refractivity contribution in [3.05, 3.63) is 0 Å². The summed E-state index contributed by atoms with van der Waals surface area (Å²) >= 11 is 2.00. The Morgan fingerprint density at radius 1 is 1.00 bits per heavy atom. The van der Waals surface area contributed by atoms with Crippen molar-refractivity contribution in [2.45, 2.75) is 80.3 Å². The van der Waals surface area contributed by atoms with E-state index in [0.29, 0.717) is 12.7 Å². The van der Waals surface area contributed by atoms with E-state index in [4.69, 9.17) is 0 Å². The molecule has 3 atom stereocenters. The van der Waals surface area contributed by atoms with Gasteiger partial charge >= 0.3 is 0 Å². The highest BCUT2D eigenvalue weighted by Gasteiger charge is 2.33. The van der Waals surface area contributed by atoms with E-state index < -0.39 is 16.9 Å². The second-order valence-electron chi connectivity index (χ2n) is 9.38. The Morgan fingerprint density at radius 3 is 1.85 bits per heavy atom. The van der Waals surface area contributed by atoms with Gasteiger partial charge in [-0.05, 0) is 13.3 Å². The fraction of sp³-hybridized carbons (Fsp3) is 0.800. The molecule has 3 unspecified atom stereocenters. The van der Waals surface area contributed by atoms with Gasteiger partial charge in [0.2, 0.25) is 11.8 Å². The van der Waals surface area contributed by atoms with E-state index in [1.807, 2.05) is 50.6 Å². The first kappa shape index (κ1) is 26.0. The molecule has 0 heterocycles. The summed E-state index contributed by atoms with van der Waals surface area (Å²) in [5.74, 6) is -0.629. The van der Waals surface area contributed by atoms with Crippen LogP contribution in [0.2, 0.25) is 0 Å². The monoisotopic (exact) mass is 494 g/mol. The Hall–Kier alpha value is -0.990. The maximum absolute atomic E-state index is 12.7. The van der Waals surface area contributed by atoms with E-state index >= 15 is 0 Å². The van der Waals surface area contributed by atoms with Gasteiger partial charge in [0.1, 0.15) is 12.1 Å². The van der Waals surface area contributed by atoms with Crippen LogP contribution < -0.4 is 0 Å². The van der Waals surface area contributed by atoms with Crippen molar-refractivity contribution in [1.29, 1.82) is 0 Å². The Morgan fingerprint density at radius 2 is 1.48 bits per heavy atom. The number of carbonyl (C=O) groups is 4. The summed E-state index contributed by atoms with van der Waals surface area (Å²) in [6, 6.07) is -0.899. The van der Waals surface area contributed by atoms with E-state index in [-0.39, 0.29) is 36.0 Å². The molecule has 0 aromatic carbocycles. The molecule has 0 aliphatic heterocycles. The normalized spacial score (nSPS) is 15.5. The minimum atomic E-state index is -0.770. The molecule has 0 bridgehead atoms. The van der Waals surface area contributed by atoms with Crippen LogP contribution in [0.25, 0.3) is 0 Å². The first-order valence-corrected chi connectivity index (χ1v) is 10.2. The van der Waals surface area contributed by atoms with Crippen LogP contribution >= 0.6 is 22.9 Å². The Bertz CT molecular complexity index is 563. The molecule has 0 saturated heterocycles. The fourth-order valence-corrected chi connectivity index (χ4v) is 3.46. The predicted molar refractivity (Wildman–Crippen MR) is 115 cm³/mol. The van der Waals surface area contributed by atoms with Crippen molar-refractivity contribution in [3.8, 4) is 0 Å². The van der Waals surface area contributed by atoms with Crippen molar-refractivity contribution in [1.82, 2.24) is 8.01 Å². The molecule has 6 nitrogen and oxygen atoms in total. The van der Waals surface area contributed by atoms with Crippen LogP contribution in [0.3, 0.4) is 0 Å². The van der Waals surface area contributed by atoms with Crippen molar-refractivity contribution in [3.63, 3.8) is 0 Å². The molecule has 0 fully saturated rings. The molecule has 0 rings (SSSR count). The number of hydrogen-bond donors (Lipinski definition) is 0. The number of nitrogens with zero attached hydrogens (tertiary/aromatic N) is 2. The third kappa shape index (κ3) is 7.87. The standard InChI is InChI=1S/C20H35IN2O4/c1-13(10-14(2)23(21)18(27)20(6,7)8)17(26)22(9)15(12-24)11-16(25)19(3,4)5/h12-15H,10-11H2,1-9H3. The Balaban J connectivity index is 5.02. The molecule has 0 radical (unpaired) electrons. The maximum Gasteiger partial charge on any atom is 0.236 e. The highest BCUT2D eigenvalue weighted by atomic mass is 127. The zero-order valence-corrected chi connectivity index (χ0v) is 20.3. The molecule has 7 heteroatoms. The number of Topliss-reactive ketones (excluding diaryl/α,β-unsaturated/α-hetero) is 1. The van der Waals surface area contributed by atoms with Gasteiger partial charge in [-0.1, -0.05) is 48.5 Å². The first-order valence-electron chi connectivity index (χ1n) is 9.28. The third-order valence-electron chi connectivity index (χ3n) is 4.57. The average Bonchev–Trinajstić information content (AvgIpc) is 2.54. The summed E-state index contributed by atoms with van der Waals surface area (Å²) in [5, 5.41) is 0. The summed E-state index contributed by atoms with van der Waals surface area (Å²) in [4.78, 5) is 50.2. The number of ketones is 1. The van der Waals surface area contributed by atoms with Gasteiger partial charge in [0.25, 0.3) is 0 Å². The molecule has 0 spiro atoms. The number of likely N-dealkylation sites (N-methyl/N-ethyl adjacent to an activating group) is 1. The predicted octanol–water partition coefficient (Wildman–Crippen LogP) is 3.66. The highest BCUT2D eigenvalue weighted by molar-refractivity contribution is 14.1. The van der Waals surface area contributed by atoms with Crippen molar-refractivity contribution in [2.75, 3.05) is 7.05 Å². The molecule has 0 aromatic rings. The largest absolute Gasteiger partial charge is 0.335 e. The summed E-state index contributed by atoms with van der Waals surface area (Å²) in [6.45, 7) is 14.7. The van der Waals surface area contributed by atoms with Gasteiger partial charge in [0.05, 0.1) is 28.9 Å². The van der Waals surface area contributed by atoms with Crippen LogP contribution in [0, 0.1) is 16.7 Å². The lowest BCUT2D eigenvalue weighted by atomic mass is 9.87. The molecule has 156 valence electrons. The van der Waals surface area contributed by atoms with Gasteiger partial charge in [-0.25, -0.2) is 0 Å². The SMILES string of the molecule is CC(CC(C)N(I)C(=O)C(C)(C)C)C(=O)N(C)C(C=O)CC(=O)C(C)(C)C. The first-order chi connectivity index (χ1) is 12.0. The lowest BCUT2D eigenvalue weighted by molar-refractivity contribution is -0.141. The minimum Gasteiger partial charge on any atom is -0.335 e. The quantitative estimate of drug-likeness (QED) is 0.293. The molecular formula is C20H35IN2O4. The average molecular weight is 494 g/mol. The molecule has 0 aliphatic rings. The van der Waals surface area contributed by atoms with Gasteiger partial charge in [0, 0.05) is 36.3 Å². The topological polar surface area (TPSA) is 74.8 Å². The molecule has 27 heavy (non-hydrogen) atoms. The summed E-state index contributed by atoms with van der Waals surface area (Å²) in [5.41, 5.74) is -1.05. The lowest BCUT2D eigenvalue weighted by Crippen LogP contribution is -2.45. The smallest absolute Gasteiger partial charge is 0.236 e. The molecule has 2 amide bonds. The molecular weight excluding hydrogens is 459 g/mol. The number of aldehydes is 1. The summed E-state index contributed by atoms with van der Waals surface area (Å²) < 4.78 is 1.64. The maximum atomic E-state index is 12.7. The van der Waals surface area contributed by atoms with Gasteiger partial charge in [-0.2, -0.15) is 0 Å². The molecule has 0 saturated carbocycles. The zero-order chi connectivity index (χ0) is 21.7. The summed E-state index contributed by atoms with van der Waals surface area (Å²) in [6.07, 6.45) is 1.15. The minimum absolute atomic E-state index is 0.00476. The number of halogens is 1. The number of rotatable bonds is 8. The van der Waals surface area contributed by atoms with E-state index in [9.17, 15) is 19.2 Å². The molecule has 0 aromatic heterocycles. The van der Waals surface area contributed by atoms with E-state index in [1.165, 1.54) is 4.90 Å². The Kier molecular flexibility index (Phi) is 9.61. The van der Waals surface area contributed by atoms with Crippen LogP contribution in [-0.2, 0) is 19.2 Å². The van der Waals surface area contributed by atoms with Crippen LogP contribution in [-0.4, -0.2) is 51.0 Å². The van der Waals surface area contributed by atoms with Crippen LogP contribution in [0.5, 0.6) is 0 Å². The lowest BCUT2D eigenvalue weighted by Gasteiger charge is -2.32. The van der Waals surface area contributed by atoms with Crippen molar-refractivity contribution < 1.29 is 19.2 Å². The van der Waals surface area contributed by atoms with E-state index in [0.717, 1.165) is 0 Å².